The summed E-state index contributed by atoms with van der Waals surface area (Å²) < 4.78 is 11.1. The molecule has 4 nitrogen and oxygen atoms in total. The van der Waals surface area contributed by atoms with E-state index in [1.165, 1.54) is 0 Å². The van der Waals surface area contributed by atoms with Crippen LogP contribution in [0.4, 0.5) is 0 Å². The summed E-state index contributed by atoms with van der Waals surface area (Å²) in [7, 11) is 0. The quantitative estimate of drug-likeness (QED) is 0.869. The van der Waals surface area contributed by atoms with Crippen LogP contribution >= 0.6 is 0 Å². The van der Waals surface area contributed by atoms with Gasteiger partial charge in [-0.3, -0.25) is 4.79 Å². The fraction of sp³-hybridized carbons (Fsp3) is 0.462. The van der Waals surface area contributed by atoms with Gasteiger partial charge >= 0.3 is 5.97 Å². The first-order valence-corrected chi connectivity index (χ1v) is 5.73. The highest BCUT2D eigenvalue weighted by molar-refractivity contribution is 5.72. The first kappa shape index (κ1) is 11.8. The van der Waals surface area contributed by atoms with Crippen molar-refractivity contribution in [3.8, 4) is 11.5 Å². The zero-order valence-corrected chi connectivity index (χ0v) is 10.0. The maximum atomic E-state index is 10.8. The first-order valence-electron chi connectivity index (χ1n) is 5.73. The van der Waals surface area contributed by atoms with Gasteiger partial charge in [0.25, 0.3) is 0 Å². The van der Waals surface area contributed by atoms with Gasteiger partial charge in [-0.2, -0.15) is 0 Å². The van der Waals surface area contributed by atoms with Crippen LogP contribution in [-0.4, -0.2) is 23.8 Å². The van der Waals surface area contributed by atoms with E-state index < -0.39 is 5.97 Å². The fourth-order valence-corrected chi connectivity index (χ4v) is 1.91. The lowest BCUT2D eigenvalue weighted by atomic mass is 10.1. The second-order valence-corrected chi connectivity index (χ2v) is 4.40. The minimum Gasteiger partial charge on any atom is -0.493 e. The van der Waals surface area contributed by atoms with E-state index in [-0.39, 0.29) is 12.5 Å². The number of benzene rings is 1. The summed E-state index contributed by atoms with van der Waals surface area (Å²) in [6.07, 6.45) is 0.846. The van der Waals surface area contributed by atoms with Crippen molar-refractivity contribution < 1.29 is 19.4 Å². The van der Waals surface area contributed by atoms with Crippen LogP contribution in [0.5, 0.6) is 11.5 Å². The molecular weight excluding hydrogens is 220 g/mol. The minimum absolute atomic E-state index is 0.0305. The fourth-order valence-electron chi connectivity index (χ4n) is 1.91. The van der Waals surface area contributed by atoms with E-state index in [0.29, 0.717) is 17.9 Å². The van der Waals surface area contributed by atoms with Gasteiger partial charge < -0.3 is 14.6 Å². The Hall–Kier alpha value is -1.71. The second kappa shape index (κ2) is 4.65. The summed E-state index contributed by atoms with van der Waals surface area (Å²) in [5.74, 6) is 0.584. The zero-order chi connectivity index (χ0) is 12.4. The highest BCUT2D eigenvalue weighted by atomic mass is 16.5. The zero-order valence-electron chi connectivity index (χ0n) is 10.0. The van der Waals surface area contributed by atoms with E-state index in [0.717, 1.165) is 17.7 Å². The molecule has 0 saturated heterocycles. The van der Waals surface area contributed by atoms with Crippen molar-refractivity contribution in [2.24, 2.45) is 0 Å². The van der Waals surface area contributed by atoms with Crippen molar-refractivity contribution in [2.45, 2.75) is 32.8 Å². The Bertz CT molecular complexity index is 437. The number of fused-ring (bicyclic) bond motifs is 1. The number of hydrogen-bond donors (Lipinski definition) is 1. The van der Waals surface area contributed by atoms with Gasteiger partial charge in [-0.25, -0.2) is 0 Å². The van der Waals surface area contributed by atoms with Gasteiger partial charge in [0.2, 0.25) is 0 Å². The molecule has 0 unspecified atom stereocenters. The van der Waals surface area contributed by atoms with E-state index in [2.05, 4.69) is 0 Å². The summed E-state index contributed by atoms with van der Waals surface area (Å²) in [5.41, 5.74) is 1.77. The molecule has 1 heterocycles. The molecule has 0 aromatic heterocycles. The third-order valence-electron chi connectivity index (χ3n) is 2.58. The third kappa shape index (κ3) is 2.70. The second-order valence-electron chi connectivity index (χ2n) is 4.40. The molecule has 1 N–H and O–H groups in total. The van der Waals surface area contributed by atoms with Crippen LogP contribution in [-0.2, 0) is 17.6 Å². The molecule has 1 aromatic rings. The van der Waals surface area contributed by atoms with Gasteiger partial charge in [-0.1, -0.05) is 0 Å². The average Bonchev–Trinajstić information content (AvgIpc) is 2.63. The lowest BCUT2D eigenvalue weighted by Crippen LogP contribution is -2.10. The molecule has 0 radical (unpaired) electrons. The monoisotopic (exact) mass is 236 g/mol. The smallest absolute Gasteiger partial charge is 0.307 e. The van der Waals surface area contributed by atoms with E-state index in [4.69, 9.17) is 14.6 Å². The Balaban J connectivity index is 2.35. The number of rotatable bonds is 4. The highest BCUT2D eigenvalue weighted by Crippen LogP contribution is 2.33. The Morgan fingerprint density at radius 3 is 2.94 bits per heavy atom. The maximum Gasteiger partial charge on any atom is 0.307 e. The number of hydrogen-bond acceptors (Lipinski definition) is 3. The first-order chi connectivity index (χ1) is 8.06. The topological polar surface area (TPSA) is 55.8 Å². The normalized spacial score (nSPS) is 13.4. The number of carbonyl (C=O) groups is 1. The molecule has 0 bridgehead atoms. The lowest BCUT2D eigenvalue weighted by molar-refractivity contribution is -0.136. The van der Waals surface area contributed by atoms with Gasteiger partial charge in [-0.15, -0.1) is 0 Å². The molecule has 0 spiro atoms. The molecule has 0 aliphatic carbocycles. The minimum atomic E-state index is -0.864. The maximum absolute atomic E-state index is 10.8. The molecule has 1 aromatic carbocycles. The van der Waals surface area contributed by atoms with E-state index in [1.807, 2.05) is 19.9 Å². The molecular formula is C13H16O4. The SMILES string of the molecule is CC(C)Oc1cc2c(cc1CC(=O)O)OCC2. The largest absolute Gasteiger partial charge is 0.493 e. The van der Waals surface area contributed by atoms with Crippen molar-refractivity contribution in [3.63, 3.8) is 0 Å². The van der Waals surface area contributed by atoms with Crippen LogP contribution in [0, 0.1) is 0 Å². The van der Waals surface area contributed by atoms with Gasteiger partial charge in [-0.05, 0) is 26.0 Å². The number of ether oxygens (including phenoxy) is 2. The van der Waals surface area contributed by atoms with Crippen molar-refractivity contribution in [3.05, 3.63) is 23.3 Å². The van der Waals surface area contributed by atoms with Gasteiger partial charge in [0.05, 0.1) is 19.1 Å². The molecule has 92 valence electrons. The van der Waals surface area contributed by atoms with Crippen molar-refractivity contribution in [1.82, 2.24) is 0 Å². The number of carboxylic acids is 1. The number of aliphatic carboxylic acids is 1. The molecule has 2 rings (SSSR count). The van der Waals surface area contributed by atoms with Crippen molar-refractivity contribution >= 4 is 5.97 Å². The third-order valence-corrected chi connectivity index (χ3v) is 2.58. The van der Waals surface area contributed by atoms with E-state index in [9.17, 15) is 4.79 Å². The summed E-state index contributed by atoms with van der Waals surface area (Å²) in [6.45, 7) is 4.51. The Kier molecular flexibility index (Phi) is 3.22. The highest BCUT2D eigenvalue weighted by Gasteiger charge is 2.18. The predicted octanol–water partition coefficient (Wildman–Crippen LogP) is 2.04. The number of carboxylic acid groups (broad SMARTS) is 1. The average molecular weight is 236 g/mol. The van der Waals surface area contributed by atoms with Crippen molar-refractivity contribution in [2.75, 3.05) is 6.61 Å². The van der Waals surface area contributed by atoms with Gasteiger partial charge in [0, 0.05) is 17.5 Å². The van der Waals surface area contributed by atoms with Gasteiger partial charge in [0.1, 0.15) is 11.5 Å². The van der Waals surface area contributed by atoms with Crippen LogP contribution in [0.15, 0.2) is 12.1 Å². The lowest BCUT2D eigenvalue weighted by Gasteiger charge is -2.14. The summed E-state index contributed by atoms with van der Waals surface area (Å²) in [5, 5.41) is 8.88. The molecule has 1 aliphatic heterocycles. The van der Waals surface area contributed by atoms with Crippen LogP contribution in [0.2, 0.25) is 0 Å². The Morgan fingerprint density at radius 1 is 1.53 bits per heavy atom. The molecule has 0 amide bonds. The summed E-state index contributed by atoms with van der Waals surface area (Å²) >= 11 is 0. The van der Waals surface area contributed by atoms with E-state index in [1.54, 1.807) is 6.07 Å². The molecule has 0 fully saturated rings. The Morgan fingerprint density at radius 2 is 2.29 bits per heavy atom. The molecule has 17 heavy (non-hydrogen) atoms. The molecule has 1 aliphatic rings. The van der Waals surface area contributed by atoms with Crippen molar-refractivity contribution in [1.29, 1.82) is 0 Å². The molecule has 0 saturated carbocycles. The molecule has 4 heteroatoms. The molecule has 0 atom stereocenters. The van der Waals surface area contributed by atoms with Gasteiger partial charge in [0.15, 0.2) is 0 Å². The van der Waals surface area contributed by atoms with Crippen LogP contribution in [0.1, 0.15) is 25.0 Å². The van der Waals surface area contributed by atoms with Crippen LogP contribution in [0.3, 0.4) is 0 Å². The summed E-state index contributed by atoms with van der Waals surface area (Å²) in [4.78, 5) is 10.8. The standard InChI is InChI=1S/C13H16O4/c1-8(2)17-12-5-9-3-4-16-11(9)6-10(12)7-13(14)15/h5-6,8H,3-4,7H2,1-2H3,(H,14,15). The predicted molar refractivity (Wildman–Crippen MR) is 62.7 cm³/mol. The van der Waals surface area contributed by atoms with Crippen LogP contribution < -0.4 is 9.47 Å². The van der Waals surface area contributed by atoms with E-state index >= 15 is 0 Å². The van der Waals surface area contributed by atoms with Crippen LogP contribution in [0.25, 0.3) is 0 Å². The Labute approximate surface area is 100 Å². The summed E-state index contributed by atoms with van der Waals surface area (Å²) in [6, 6.07) is 3.69.